The Morgan fingerprint density at radius 2 is 1.58 bits per heavy atom. The van der Waals surface area contributed by atoms with Gasteiger partial charge in [0.05, 0.1) is 4.90 Å². The van der Waals surface area contributed by atoms with Crippen molar-refractivity contribution in [1.82, 2.24) is 5.32 Å². The van der Waals surface area contributed by atoms with Crippen LogP contribution in [-0.4, -0.2) is 26.4 Å². The summed E-state index contributed by atoms with van der Waals surface area (Å²) in [5.41, 5.74) is -4.23. The van der Waals surface area contributed by atoms with E-state index >= 15 is 0 Å². The van der Waals surface area contributed by atoms with Gasteiger partial charge in [0.1, 0.15) is 0 Å². The maximum atomic E-state index is 12.5. The van der Waals surface area contributed by atoms with E-state index in [-0.39, 0.29) is 11.0 Å². The molecule has 3 rings (SSSR count). The molecule has 1 amide bonds. The van der Waals surface area contributed by atoms with Crippen LogP contribution in [0.25, 0.3) is 0 Å². The summed E-state index contributed by atoms with van der Waals surface area (Å²) in [6.45, 7) is 0.415. The van der Waals surface area contributed by atoms with Crippen molar-refractivity contribution in [2.75, 3.05) is 6.54 Å². The smallest absolute Gasteiger partial charge is 0.351 e. The van der Waals surface area contributed by atoms with E-state index in [0.29, 0.717) is 6.54 Å². The minimum absolute atomic E-state index is 0.101. The predicted octanol–water partition coefficient (Wildman–Crippen LogP) is 3.44. The van der Waals surface area contributed by atoms with Gasteiger partial charge in [0.25, 0.3) is 15.7 Å². The molecule has 1 saturated carbocycles. The highest BCUT2D eigenvalue weighted by atomic mass is 32.2. The van der Waals surface area contributed by atoms with Crippen LogP contribution in [-0.2, 0) is 15.3 Å². The minimum Gasteiger partial charge on any atom is -0.351 e. The van der Waals surface area contributed by atoms with Gasteiger partial charge in [-0.3, -0.25) is 4.79 Å². The van der Waals surface area contributed by atoms with Crippen molar-refractivity contribution >= 4 is 15.7 Å². The van der Waals surface area contributed by atoms with Gasteiger partial charge in [-0.15, -0.1) is 0 Å². The lowest BCUT2D eigenvalue weighted by molar-refractivity contribution is -0.0436. The van der Waals surface area contributed by atoms with Gasteiger partial charge in [0, 0.05) is 17.5 Å². The zero-order valence-corrected chi connectivity index (χ0v) is 14.4. The zero-order valence-electron chi connectivity index (χ0n) is 13.6. The molecule has 138 valence electrons. The fraction of sp³-hybridized carbons (Fsp3) is 0.278. The fourth-order valence-electron chi connectivity index (χ4n) is 2.78. The Morgan fingerprint density at radius 1 is 1.00 bits per heavy atom. The van der Waals surface area contributed by atoms with Crippen molar-refractivity contribution in [3.8, 4) is 0 Å². The number of alkyl halides is 3. The summed E-state index contributed by atoms with van der Waals surface area (Å²) in [6, 6.07) is 13.5. The first-order valence-electron chi connectivity index (χ1n) is 7.91. The molecule has 0 aliphatic heterocycles. The van der Waals surface area contributed by atoms with E-state index in [9.17, 15) is 26.4 Å². The monoisotopic (exact) mass is 383 g/mol. The van der Waals surface area contributed by atoms with Crippen LogP contribution in [0.5, 0.6) is 0 Å². The summed E-state index contributed by atoms with van der Waals surface area (Å²) in [4.78, 5) is 11.3. The van der Waals surface area contributed by atoms with Gasteiger partial charge in [0.15, 0.2) is 0 Å². The van der Waals surface area contributed by atoms with E-state index in [1.54, 1.807) is 0 Å². The Bertz CT molecular complexity index is 903. The van der Waals surface area contributed by atoms with Gasteiger partial charge in [-0.25, -0.2) is 8.42 Å². The van der Waals surface area contributed by atoms with Gasteiger partial charge in [0.2, 0.25) is 0 Å². The molecule has 2 aromatic carbocycles. The molecule has 8 heteroatoms. The summed E-state index contributed by atoms with van der Waals surface area (Å²) in [6.07, 6.45) is 1.89. The summed E-state index contributed by atoms with van der Waals surface area (Å²) < 4.78 is 60.3. The molecule has 1 aliphatic carbocycles. The predicted molar refractivity (Wildman–Crippen MR) is 89.4 cm³/mol. The van der Waals surface area contributed by atoms with E-state index in [1.165, 1.54) is 0 Å². The number of amides is 1. The van der Waals surface area contributed by atoms with Gasteiger partial charge < -0.3 is 5.32 Å². The number of carbonyl (C=O) groups excluding carboxylic acids is 1. The maximum Gasteiger partial charge on any atom is 0.501 e. The number of nitrogens with one attached hydrogen (secondary N) is 1. The highest BCUT2D eigenvalue weighted by Gasteiger charge is 2.47. The van der Waals surface area contributed by atoms with Crippen molar-refractivity contribution in [3.63, 3.8) is 0 Å². The van der Waals surface area contributed by atoms with Crippen molar-refractivity contribution in [2.24, 2.45) is 0 Å². The van der Waals surface area contributed by atoms with E-state index in [1.807, 2.05) is 30.3 Å². The van der Waals surface area contributed by atoms with Crippen molar-refractivity contribution in [3.05, 3.63) is 65.7 Å². The van der Waals surface area contributed by atoms with E-state index in [4.69, 9.17) is 0 Å². The van der Waals surface area contributed by atoms with Gasteiger partial charge in [-0.2, -0.15) is 13.2 Å². The molecule has 0 radical (unpaired) electrons. The molecule has 0 heterocycles. The van der Waals surface area contributed by atoms with Crippen molar-refractivity contribution < 1.29 is 26.4 Å². The molecular formula is C18H16F3NO3S. The number of benzene rings is 2. The third kappa shape index (κ3) is 3.46. The maximum absolute atomic E-state index is 12.5. The summed E-state index contributed by atoms with van der Waals surface area (Å²) >= 11 is 0. The van der Waals surface area contributed by atoms with E-state index < -0.39 is 26.1 Å². The highest BCUT2D eigenvalue weighted by molar-refractivity contribution is 7.92. The van der Waals surface area contributed by atoms with Crippen LogP contribution < -0.4 is 5.32 Å². The number of carbonyl (C=O) groups is 1. The number of halogens is 3. The van der Waals surface area contributed by atoms with Crippen molar-refractivity contribution in [1.29, 1.82) is 0 Å². The Labute approximate surface area is 149 Å². The second-order valence-electron chi connectivity index (χ2n) is 6.30. The lowest BCUT2D eigenvalue weighted by atomic mass is 9.96. The lowest BCUT2D eigenvalue weighted by Crippen LogP contribution is -2.32. The fourth-order valence-corrected chi connectivity index (χ4v) is 3.54. The summed E-state index contributed by atoms with van der Waals surface area (Å²) in [5.74, 6) is -0.455. The lowest BCUT2D eigenvalue weighted by Gasteiger charge is -2.16. The number of rotatable bonds is 5. The average molecular weight is 383 g/mol. The van der Waals surface area contributed by atoms with Gasteiger partial charge in [-0.05, 0) is 42.7 Å². The molecule has 1 fully saturated rings. The normalized spacial score (nSPS) is 16.1. The third-order valence-electron chi connectivity index (χ3n) is 4.56. The van der Waals surface area contributed by atoms with Crippen LogP contribution in [0, 0.1) is 0 Å². The van der Waals surface area contributed by atoms with E-state index in [0.717, 1.165) is 42.7 Å². The number of hydrogen-bond acceptors (Lipinski definition) is 3. The highest BCUT2D eigenvalue weighted by Crippen LogP contribution is 2.47. The second-order valence-corrected chi connectivity index (χ2v) is 8.24. The Kier molecular flexibility index (Phi) is 4.56. The average Bonchev–Trinajstić information content (AvgIpc) is 3.41. The molecule has 0 bridgehead atoms. The molecule has 0 saturated heterocycles. The SMILES string of the molecule is O=C(NCC1(c2ccccc2)CC1)c1ccc(S(=O)(=O)C(F)(F)F)cc1. The molecule has 4 nitrogen and oxygen atoms in total. The Balaban J connectivity index is 1.68. The van der Waals surface area contributed by atoms with Crippen LogP contribution in [0.1, 0.15) is 28.8 Å². The van der Waals surface area contributed by atoms with Crippen LogP contribution in [0.3, 0.4) is 0 Å². The van der Waals surface area contributed by atoms with Crippen molar-refractivity contribution in [2.45, 2.75) is 28.7 Å². The van der Waals surface area contributed by atoms with Crippen LogP contribution in [0.4, 0.5) is 13.2 Å². The van der Waals surface area contributed by atoms with Gasteiger partial charge in [-0.1, -0.05) is 30.3 Å². The van der Waals surface area contributed by atoms with E-state index in [2.05, 4.69) is 5.32 Å². The molecular weight excluding hydrogens is 367 g/mol. The quantitative estimate of drug-likeness (QED) is 0.860. The Morgan fingerprint density at radius 3 is 2.08 bits per heavy atom. The second kappa shape index (κ2) is 6.42. The molecule has 0 spiro atoms. The topological polar surface area (TPSA) is 63.2 Å². The largest absolute Gasteiger partial charge is 0.501 e. The Hall–Kier alpha value is -2.35. The van der Waals surface area contributed by atoms with Crippen LogP contribution in [0.2, 0.25) is 0 Å². The minimum atomic E-state index is -5.41. The zero-order chi connectivity index (χ0) is 19.0. The number of hydrogen-bond donors (Lipinski definition) is 1. The molecule has 0 unspecified atom stereocenters. The first kappa shape index (κ1) is 18.4. The first-order chi connectivity index (χ1) is 12.2. The molecule has 1 aliphatic rings. The summed E-state index contributed by atoms with van der Waals surface area (Å²) in [5, 5.41) is 2.78. The molecule has 0 atom stereocenters. The molecule has 1 N–H and O–H groups in total. The summed E-state index contributed by atoms with van der Waals surface area (Å²) in [7, 11) is -5.41. The number of sulfone groups is 1. The third-order valence-corrected chi connectivity index (χ3v) is 6.06. The molecule has 0 aromatic heterocycles. The standard InChI is InChI=1S/C18H16F3NO3S/c19-18(20,21)26(24,25)15-8-6-13(7-9-15)16(23)22-12-17(10-11-17)14-4-2-1-3-5-14/h1-9H,10-12H2,(H,22,23). The van der Waals surface area contributed by atoms with Crippen LogP contribution >= 0.6 is 0 Å². The first-order valence-corrected chi connectivity index (χ1v) is 9.39. The van der Waals surface area contributed by atoms with Gasteiger partial charge >= 0.3 is 5.51 Å². The molecule has 26 heavy (non-hydrogen) atoms. The molecule has 2 aromatic rings. The van der Waals surface area contributed by atoms with Crippen LogP contribution in [0.15, 0.2) is 59.5 Å².